The minimum atomic E-state index is -0.597. The van der Waals surface area contributed by atoms with Crippen LogP contribution in [0.3, 0.4) is 0 Å². The molecule has 2 aliphatic rings. The van der Waals surface area contributed by atoms with Crippen molar-refractivity contribution in [3.8, 4) is 12.1 Å². The molecule has 0 saturated heterocycles. The van der Waals surface area contributed by atoms with Crippen molar-refractivity contribution in [2.45, 2.75) is 26.4 Å². The Balaban J connectivity index is 2.08. The van der Waals surface area contributed by atoms with Gasteiger partial charge in [0.25, 0.3) is 0 Å². The van der Waals surface area contributed by atoms with Gasteiger partial charge < -0.3 is 15.4 Å². The summed E-state index contributed by atoms with van der Waals surface area (Å²) in [7, 11) is 0. The molecule has 1 aliphatic carbocycles. The van der Waals surface area contributed by atoms with Gasteiger partial charge in [0.05, 0.1) is 16.8 Å². The molecule has 1 unspecified atom stereocenters. The van der Waals surface area contributed by atoms with Crippen LogP contribution in [0.15, 0.2) is 46.0 Å². The maximum atomic E-state index is 12.5. The van der Waals surface area contributed by atoms with Crippen LogP contribution in [-0.2, 0) is 4.74 Å². The molecule has 3 rings (SSSR count). The molecular weight excluding hydrogens is 360 g/mol. The molecule has 0 saturated carbocycles. The normalized spacial score (nSPS) is 19.8. The number of hydrogen-bond donors (Lipinski definition) is 1. The number of ether oxygens (including phenoxy) is 1. The predicted octanol–water partition coefficient (Wildman–Crippen LogP) is 3.57. The number of thiophene rings is 1. The number of carbonyl (C=O) groups excluding carboxylic acids is 1. The molecule has 1 aromatic heterocycles. The van der Waals surface area contributed by atoms with Crippen molar-refractivity contribution in [2.75, 3.05) is 13.1 Å². The summed E-state index contributed by atoms with van der Waals surface area (Å²) in [6.45, 7) is 6.12. The van der Waals surface area contributed by atoms with E-state index in [0.29, 0.717) is 24.2 Å². The van der Waals surface area contributed by atoms with E-state index in [1.165, 1.54) is 11.3 Å². The summed E-state index contributed by atoms with van der Waals surface area (Å²) in [6, 6.07) is 8.12. The first kappa shape index (κ1) is 18.8. The fourth-order valence-corrected chi connectivity index (χ4v) is 4.15. The third-order valence-electron chi connectivity index (χ3n) is 4.42. The molecule has 0 radical (unpaired) electrons. The lowest BCUT2D eigenvalue weighted by molar-refractivity contribution is 0.0253. The molecule has 0 spiro atoms. The summed E-state index contributed by atoms with van der Waals surface area (Å²) in [5.41, 5.74) is 7.94. The topological polar surface area (TPSA) is 103 Å². The summed E-state index contributed by atoms with van der Waals surface area (Å²) < 4.78 is 5.49. The van der Waals surface area contributed by atoms with Gasteiger partial charge in [0.2, 0.25) is 0 Å². The molecule has 1 atom stereocenters. The molecule has 0 bridgehead atoms. The monoisotopic (exact) mass is 380 g/mol. The highest BCUT2D eigenvalue weighted by Crippen LogP contribution is 2.44. The number of nitrogens with two attached hydrogens (primary N) is 1. The molecule has 2 N–H and O–H groups in total. The molecule has 1 amide bonds. The van der Waals surface area contributed by atoms with Crippen LogP contribution < -0.4 is 5.73 Å². The Hall–Kier alpha value is -3.03. The van der Waals surface area contributed by atoms with Crippen molar-refractivity contribution in [1.82, 2.24) is 4.90 Å². The van der Waals surface area contributed by atoms with Crippen LogP contribution >= 0.6 is 11.3 Å². The fraction of sp³-hybridized carbons (Fsp3) is 0.350. The van der Waals surface area contributed by atoms with Crippen molar-refractivity contribution in [1.29, 1.82) is 10.5 Å². The van der Waals surface area contributed by atoms with Crippen molar-refractivity contribution < 1.29 is 9.53 Å². The van der Waals surface area contributed by atoms with E-state index in [2.05, 4.69) is 12.1 Å². The van der Waals surface area contributed by atoms with Gasteiger partial charge in [-0.2, -0.15) is 10.5 Å². The Morgan fingerprint density at radius 3 is 2.59 bits per heavy atom. The minimum absolute atomic E-state index is 0.205. The van der Waals surface area contributed by atoms with E-state index >= 15 is 0 Å². The predicted molar refractivity (Wildman–Crippen MR) is 103 cm³/mol. The van der Waals surface area contributed by atoms with Gasteiger partial charge >= 0.3 is 6.09 Å². The number of carbonyl (C=O) groups is 1. The molecular formula is C20H20N4O2S. The smallest absolute Gasteiger partial charge is 0.410 e. The molecule has 27 heavy (non-hydrogen) atoms. The van der Waals surface area contributed by atoms with Crippen molar-refractivity contribution in [3.63, 3.8) is 0 Å². The zero-order valence-electron chi connectivity index (χ0n) is 15.4. The third-order valence-corrected chi connectivity index (χ3v) is 5.32. The van der Waals surface area contributed by atoms with Gasteiger partial charge in [-0.15, -0.1) is 11.3 Å². The fourth-order valence-electron chi connectivity index (χ4n) is 3.31. The van der Waals surface area contributed by atoms with Crippen molar-refractivity contribution in [2.24, 2.45) is 11.7 Å². The molecule has 7 heteroatoms. The zero-order valence-corrected chi connectivity index (χ0v) is 16.3. The number of allylic oxidation sites excluding steroid dienone is 2. The maximum absolute atomic E-state index is 12.5. The zero-order chi connectivity index (χ0) is 19.8. The largest absolute Gasteiger partial charge is 0.444 e. The Morgan fingerprint density at radius 2 is 2.04 bits per heavy atom. The third kappa shape index (κ3) is 3.47. The molecule has 1 aromatic rings. The van der Waals surface area contributed by atoms with Crippen molar-refractivity contribution in [3.05, 3.63) is 50.9 Å². The van der Waals surface area contributed by atoms with E-state index in [1.54, 1.807) is 4.90 Å². The lowest BCUT2D eigenvalue weighted by Crippen LogP contribution is -2.43. The Kier molecular flexibility index (Phi) is 4.82. The highest BCUT2D eigenvalue weighted by Gasteiger charge is 2.38. The number of nitriles is 2. The number of hydrogen-bond acceptors (Lipinski definition) is 6. The van der Waals surface area contributed by atoms with Gasteiger partial charge in [0, 0.05) is 23.9 Å². The van der Waals surface area contributed by atoms with Crippen LogP contribution in [0, 0.1) is 28.6 Å². The number of amides is 1. The summed E-state index contributed by atoms with van der Waals surface area (Å²) >= 11 is 1.50. The summed E-state index contributed by atoms with van der Waals surface area (Å²) in [6.07, 6.45) is 1.42. The van der Waals surface area contributed by atoms with Crippen LogP contribution in [0.1, 0.15) is 25.6 Å². The van der Waals surface area contributed by atoms with Gasteiger partial charge in [0.15, 0.2) is 0 Å². The van der Waals surface area contributed by atoms with E-state index in [0.717, 1.165) is 16.0 Å². The molecule has 0 fully saturated rings. The van der Waals surface area contributed by atoms with Crippen molar-refractivity contribution >= 4 is 23.0 Å². The van der Waals surface area contributed by atoms with Crippen LogP contribution in [0.2, 0.25) is 0 Å². The highest BCUT2D eigenvalue weighted by atomic mass is 32.1. The quantitative estimate of drug-likeness (QED) is 0.802. The second kappa shape index (κ2) is 6.94. The summed E-state index contributed by atoms with van der Waals surface area (Å²) in [4.78, 5) is 15.0. The van der Waals surface area contributed by atoms with Gasteiger partial charge in [-0.1, -0.05) is 12.1 Å². The first-order chi connectivity index (χ1) is 12.8. The van der Waals surface area contributed by atoms with Gasteiger partial charge in [-0.25, -0.2) is 4.79 Å². The van der Waals surface area contributed by atoms with Crippen LogP contribution in [-0.4, -0.2) is 29.7 Å². The molecule has 138 valence electrons. The molecule has 6 nitrogen and oxygen atoms in total. The SMILES string of the molecule is CC(C)(C)OC(=O)N1CC=C2C(C#N)=C(N)C(C#N)=C(c3cccs3)C2C1. The maximum Gasteiger partial charge on any atom is 0.410 e. The van der Waals surface area contributed by atoms with Crippen LogP contribution in [0.5, 0.6) is 0 Å². The minimum Gasteiger partial charge on any atom is -0.444 e. The Bertz CT molecular complexity index is 950. The van der Waals surface area contributed by atoms with E-state index in [4.69, 9.17) is 10.5 Å². The average Bonchev–Trinajstić information content (AvgIpc) is 3.13. The van der Waals surface area contributed by atoms with E-state index in [-0.39, 0.29) is 11.6 Å². The van der Waals surface area contributed by atoms with Crippen LogP contribution in [0.4, 0.5) is 4.79 Å². The highest BCUT2D eigenvalue weighted by molar-refractivity contribution is 7.11. The number of rotatable bonds is 1. The second-order valence-electron chi connectivity index (χ2n) is 7.38. The summed E-state index contributed by atoms with van der Waals surface area (Å²) in [5, 5.41) is 21.2. The average molecular weight is 380 g/mol. The van der Waals surface area contributed by atoms with E-state index in [9.17, 15) is 15.3 Å². The Labute approximate surface area is 162 Å². The van der Waals surface area contributed by atoms with E-state index < -0.39 is 11.7 Å². The van der Waals surface area contributed by atoms with Crippen LogP contribution in [0.25, 0.3) is 5.57 Å². The molecule has 1 aliphatic heterocycles. The molecule has 2 heterocycles. The van der Waals surface area contributed by atoms with Gasteiger partial charge in [-0.3, -0.25) is 0 Å². The first-order valence-corrected chi connectivity index (χ1v) is 9.41. The van der Waals surface area contributed by atoms with Gasteiger partial charge in [-0.05, 0) is 43.4 Å². The van der Waals surface area contributed by atoms with E-state index in [1.807, 2.05) is 44.4 Å². The lowest BCUT2D eigenvalue weighted by atomic mass is 9.75. The second-order valence-corrected chi connectivity index (χ2v) is 8.32. The standard InChI is InChI=1S/C20H20N4O2S/c1-20(2,3)26-19(25)24-7-6-12-13(9-21)18(23)14(10-22)17(15(12)11-24)16-5-4-8-27-16/h4-6,8,15H,7,11,23H2,1-3H3. The molecule has 0 aromatic carbocycles. The number of fused-ring (bicyclic) bond motifs is 1. The Morgan fingerprint density at radius 1 is 1.33 bits per heavy atom. The number of nitrogens with zero attached hydrogens (tertiary/aromatic N) is 3. The lowest BCUT2D eigenvalue weighted by Gasteiger charge is -2.37. The summed E-state index contributed by atoms with van der Waals surface area (Å²) in [5.74, 6) is -0.290. The first-order valence-electron chi connectivity index (χ1n) is 8.53. The van der Waals surface area contributed by atoms with Gasteiger partial charge in [0.1, 0.15) is 17.7 Å².